The molecule has 4 aromatic rings. The molecule has 3 heterocycles. The number of hydrogen-bond donors (Lipinski definition) is 0. The van der Waals surface area contributed by atoms with Gasteiger partial charge in [0.05, 0.1) is 22.3 Å². The third-order valence-corrected chi connectivity index (χ3v) is 6.27. The van der Waals surface area contributed by atoms with Gasteiger partial charge in [-0.2, -0.15) is 5.10 Å². The summed E-state index contributed by atoms with van der Waals surface area (Å²) < 4.78 is 13.8. The van der Waals surface area contributed by atoms with Crippen LogP contribution in [-0.4, -0.2) is 27.2 Å². The van der Waals surface area contributed by atoms with Crippen LogP contribution in [0.3, 0.4) is 0 Å². The normalized spacial score (nSPS) is 20.4. The Morgan fingerprint density at radius 1 is 1.00 bits per heavy atom. The first-order valence-corrected chi connectivity index (χ1v) is 10.8. The molecule has 5 nitrogen and oxygen atoms in total. The lowest BCUT2D eigenvalue weighted by Gasteiger charge is -2.46. The van der Waals surface area contributed by atoms with E-state index in [0.29, 0.717) is 22.1 Å². The largest absolute Gasteiger partial charge is 0.323 e. The summed E-state index contributed by atoms with van der Waals surface area (Å²) in [6.07, 6.45) is 3.45. The summed E-state index contributed by atoms with van der Waals surface area (Å²) in [6, 6.07) is 17.9. The first-order chi connectivity index (χ1) is 15.0. The molecule has 1 aliphatic heterocycles. The van der Waals surface area contributed by atoms with E-state index in [0.717, 1.165) is 22.4 Å². The van der Waals surface area contributed by atoms with Crippen LogP contribution in [0, 0.1) is 0 Å². The standard InChI is InChI=1S/C24H21Cl2N3O2/c1-15-30-23(31-15)24(2,12-16-6-4-3-5-7-16)21-20(26)14-27-22-19(13-28-29(21)22)17-8-10-18(25)11-9-17/h3-11,13-15,23H,12H2,1-2H3. The zero-order valence-electron chi connectivity index (χ0n) is 17.1. The fourth-order valence-electron chi connectivity index (χ4n) is 4.22. The molecular weight excluding hydrogens is 433 g/mol. The fraction of sp³-hybridized carbons (Fsp3) is 0.250. The van der Waals surface area contributed by atoms with Crippen LogP contribution in [0.2, 0.25) is 10.0 Å². The molecule has 2 aromatic heterocycles. The quantitative estimate of drug-likeness (QED) is 0.376. The summed E-state index contributed by atoms with van der Waals surface area (Å²) in [4.78, 5) is 4.59. The average molecular weight is 454 g/mol. The second-order valence-electron chi connectivity index (χ2n) is 8.01. The highest BCUT2D eigenvalue weighted by Gasteiger charge is 2.48. The van der Waals surface area contributed by atoms with Gasteiger partial charge in [-0.05, 0) is 43.5 Å². The zero-order valence-corrected chi connectivity index (χ0v) is 18.6. The van der Waals surface area contributed by atoms with Gasteiger partial charge >= 0.3 is 0 Å². The van der Waals surface area contributed by atoms with Gasteiger partial charge < -0.3 is 9.47 Å². The van der Waals surface area contributed by atoms with Crippen molar-refractivity contribution in [1.29, 1.82) is 0 Å². The molecule has 2 aromatic carbocycles. The van der Waals surface area contributed by atoms with Crippen LogP contribution in [0.1, 0.15) is 25.1 Å². The molecule has 0 radical (unpaired) electrons. The molecule has 1 atom stereocenters. The van der Waals surface area contributed by atoms with Crippen LogP contribution in [0.15, 0.2) is 67.0 Å². The Labute approximate surface area is 190 Å². The van der Waals surface area contributed by atoms with Gasteiger partial charge in [-0.1, -0.05) is 65.7 Å². The lowest BCUT2D eigenvalue weighted by molar-refractivity contribution is -0.396. The van der Waals surface area contributed by atoms with Gasteiger partial charge in [-0.3, -0.25) is 0 Å². The topological polar surface area (TPSA) is 48.7 Å². The van der Waals surface area contributed by atoms with E-state index in [1.165, 1.54) is 0 Å². The predicted octanol–water partition coefficient (Wildman–Crippen LogP) is 5.92. The van der Waals surface area contributed by atoms with Gasteiger partial charge in [0.15, 0.2) is 18.2 Å². The second kappa shape index (κ2) is 7.92. The Morgan fingerprint density at radius 2 is 1.71 bits per heavy atom. The SMILES string of the molecule is CC1OC(C(C)(Cc2ccccc2)c2c(Cl)cnc3c(-c4ccc(Cl)cc4)cnn23)O1. The highest BCUT2D eigenvalue weighted by molar-refractivity contribution is 6.31. The van der Waals surface area contributed by atoms with Crippen molar-refractivity contribution in [2.24, 2.45) is 0 Å². The minimum absolute atomic E-state index is 0.251. The molecule has 1 saturated heterocycles. The molecule has 158 valence electrons. The number of ether oxygens (including phenoxy) is 2. The number of fused-ring (bicyclic) bond motifs is 1. The van der Waals surface area contributed by atoms with Crippen molar-refractivity contribution in [2.75, 3.05) is 0 Å². The summed E-state index contributed by atoms with van der Waals surface area (Å²) in [7, 11) is 0. The molecule has 1 unspecified atom stereocenters. The Balaban J connectivity index is 1.67. The maximum absolute atomic E-state index is 6.74. The molecule has 7 heteroatoms. The van der Waals surface area contributed by atoms with E-state index in [1.54, 1.807) is 12.4 Å². The summed E-state index contributed by atoms with van der Waals surface area (Å²) in [5.74, 6) is 0. The van der Waals surface area contributed by atoms with E-state index < -0.39 is 11.7 Å². The summed E-state index contributed by atoms with van der Waals surface area (Å²) in [5.41, 5.74) is 3.97. The molecule has 0 spiro atoms. The molecule has 0 bridgehead atoms. The molecule has 0 amide bonds. The maximum atomic E-state index is 6.74. The third kappa shape index (κ3) is 3.62. The van der Waals surface area contributed by atoms with Gasteiger partial charge in [0.1, 0.15) is 0 Å². The maximum Gasteiger partial charge on any atom is 0.175 e. The Morgan fingerprint density at radius 3 is 2.39 bits per heavy atom. The Bertz CT molecular complexity index is 1220. The number of rotatable bonds is 5. The number of halogens is 2. The van der Waals surface area contributed by atoms with E-state index in [9.17, 15) is 0 Å². The molecule has 0 saturated carbocycles. The molecule has 0 N–H and O–H groups in total. The summed E-state index contributed by atoms with van der Waals surface area (Å²) in [6.45, 7) is 3.98. The highest BCUT2D eigenvalue weighted by atomic mass is 35.5. The van der Waals surface area contributed by atoms with Gasteiger partial charge in [-0.15, -0.1) is 0 Å². The van der Waals surface area contributed by atoms with E-state index in [1.807, 2.05) is 53.9 Å². The van der Waals surface area contributed by atoms with Gasteiger partial charge in [0, 0.05) is 16.8 Å². The predicted molar refractivity (Wildman–Crippen MR) is 121 cm³/mol. The van der Waals surface area contributed by atoms with Crippen molar-refractivity contribution in [1.82, 2.24) is 14.6 Å². The first kappa shape index (κ1) is 20.5. The lowest BCUT2D eigenvalue weighted by atomic mass is 9.78. The van der Waals surface area contributed by atoms with Crippen molar-refractivity contribution in [3.63, 3.8) is 0 Å². The first-order valence-electron chi connectivity index (χ1n) is 10.1. The zero-order chi connectivity index (χ0) is 21.6. The molecular formula is C24H21Cl2N3O2. The molecule has 0 aliphatic carbocycles. The van der Waals surface area contributed by atoms with E-state index in [2.05, 4.69) is 29.1 Å². The smallest absolute Gasteiger partial charge is 0.175 e. The Hall–Kier alpha value is -2.44. The molecule has 1 fully saturated rings. The third-order valence-electron chi connectivity index (χ3n) is 5.74. The van der Waals surface area contributed by atoms with Crippen LogP contribution < -0.4 is 0 Å². The van der Waals surface area contributed by atoms with Crippen molar-refractivity contribution in [3.8, 4) is 11.1 Å². The van der Waals surface area contributed by atoms with Crippen LogP contribution in [0.5, 0.6) is 0 Å². The summed E-state index contributed by atoms with van der Waals surface area (Å²) >= 11 is 12.8. The Kier molecular flexibility index (Phi) is 5.22. The van der Waals surface area contributed by atoms with Crippen LogP contribution >= 0.6 is 23.2 Å². The number of benzene rings is 2. The van der Waals surface area contributed by atoms with E-state index >= 15 is 0 Å². The fourth-order valence-corrected chi connectivity index (χ4v) is 4.69. The number of aromatic nitrogens is 3. The van der Waals surface area contributed by atoms with Crippen LogP contribution in [-0.2, 0) is 21.3 Å². The lowest BCUT2D eigenvalue weighted by Crippen LogP contribution is -2.54. The second-order valence-corrected chi connectivity index (χ2v) is 8.85. The van der Waals surface area contributed by atoms with Crippen LogP contribution in [0.25, 0.3) is 16.8 Å². The average Bonchev–Trinajstić information content (AvgIpc) is 3.16. The van der Waals surface area contributed by atoms with Crippen molar-refractivity contribution < 1.29 is 9.47 Å². The van der Waals surface area contributed by atoms with Gasteiger partial charge in [-0.25, -0.2) is 9.50 Å². The minimum Gasteiger partial charge on any atom is -0.323 e. The van der Waals surface area contributed by atoms with Gasteiger partial charge in [0.25, 0.3) is 0 Å². The summed E-state index contributed by atoms with van der Waals surface area (Å²) in [5, 5.41) is 5.87. The minimum atomic E-state index is -0.588. The number of hydrogen-bond acceptors (Lipinski definition) is 4. The van der Waals surface area contributed by atoms with Gasteiger partial charge in [0.2, 0.25) is 0 Å². The number of nitrogens with zero attached hydrogens (tertiary/aromatic N) is 3. The van der Waals surface area contributed by atoms with Crippen LogP contribution in [0.4, 0.5) is 0 Å². The molecule has 1 aliphatic rings. The molecule has 31 heavy (non-hydrogen) atoms. The van der Waals surface area contributed by atoms with Crippen molar-refractivity contribution in [3.05, 3.63) is 88.3 Å². The van der Waals surface area contributed by atoms with E-state index in [4.69, 9.17) is 32.7 Å². The highest BCUT2D eigenvalue weighted by Crippen LogP contribution is 2.42. The van der Waals surface area contributed by atoms with E-state index in [-0.39, 0.29) is 6.29 Å². The molecule has 5 rings (SSSR count). The van der Waals surface area contributed by atoms with Crippen molar-refractivity contribution in [2.45, 2.75) is 38.3 Å². The monoisotopic (exact) mass is 453 g/mol. The van der Waals surface area contributed by atoms with Crippen molar-refractivity contribution >= 4 is 28.8 Å².